The lowest BCUT2D eigenvalue weighted by Crippen LogP contribution is -2.30. The third-order valence-corrected chi connectivity index (χ3v) is 6.68. The molecule has 0 aliphatic heterocycles. The normalized spacial score (nSPS) is 13.8. The van der Waals surface area contributed by atoms with Crippen LogP contribution in [-0.4, -0.2) is 28.2 Å². The lowest BCUT2D eigenvalue weighted by Gasteiger charge is -2.25. The fourth-order valence-electron chi connectivity index (χ4n) is 2.19. The Kier molecular flexibility index (Phi) is 5.28. The number of rotatable bonds is 5. The van der Waals surface area contributed by atoms with Crippen LogP contribution in [0.4, 0.5) is 8.78 Å². The Morgan fingerprint density at radius 2 is 1.56 bits per heavy atom. The molecule has 0 heterocycles. The number of sulfonamides is 2. The largest absolute Gasteiger partial charge is 0.246 e. The Hall–Kier alpha value is -1.88. The Balaban J connectivity index is 2.37. The van der Waals surface area contributed by atoms with Crippen molar-refractivity contribution in [3.63, 3.8) is 0 Å². The van der Waals surface area contributed by atoms with E-state index in [-0.39, 0.29) is 4.90 Å². The average Bonchev–Trinajstić information content (AvgIpc) is 2.52. The third kappa shape index (κ3) is 4.03. The molecule has 0 amide bonds. The second kappa shape index (κ2) is 6.79. The van der Waals surface area contributed by atoms with Crippen LogP contribution in [-0.2, 0) is 20.0 Å². The van der Waals surface area contributed by atoms with Gasteiger partial charge in [0, 0.05) is 19.2 Å². The summed E-state index contributed by atoms with van der Waals surface area (Å²) in [4.78, 5) is -0.761. The molecule has 25 heavy (non-hydrogen) atoms. The fourth-order valence-corrected chi connectivity index (χ4v) is 4.10. The molecule has 1 unspecified atom stereocenters. The lowest BCUT2D eigenvalue weighted by molar-refractivity contribution is 0.395. The van der Waals surface area contributed by atoms with Crippen LogP contribution in [0.2, 0.25) is 0 Å². The van der Waals surface area contributed by atoms with Gasteiger partial charge in [0.05, 0.1) is 4.90 Å². The highest BCUT2D eigenvalue weighted by atomic mass is 32.2. The molecule has 1 atom stereocenters. The second-order valence-electron chi connectivity index (χ2n) is 5.39. The Bertz CT molecular complexity index is 991. The molecule has 2 rings (SSSR count). The van der Waals surface area contributed by atoms with Gasteiger partial charge >= 0.3 is 0 Å². The summed E-state index contributed by atoms with van der Waals surface area (Å²) in [7, 11) is -6.84. The quantitative estimate of drug-likeness (QED) is 0.844. The van der Waals surface area contributed by atoms with Gasteiger partial charge in [0.15, 0.2) is 0 Å². The number of hydrogen-bond donors (Lipinski definition) is 1. The summed E-state index contributed by atoms with van der Waals surface area (Å²) in [5.41, 5.74) is 0.473. The van der Waals surface area contributed by atoms with E-state index in [9.17, 15) is 25.6 Å². The summed E-state index contributed by atoms with van der Waals surface area (Å²) in [5, 5.41) is 5.01. The van der Waals surface area contributed by atoms with Crippen molar-refractivity contribution in [1.82, 2.24) is 4.31 Å². The van der Waals surface area contributed by atoms with Crippen molar-refractivity contribution in [3.8, 4) is 0 Å². The Morgan fingerprint density at radius 1 is 1.00 bits per heavy atom. The van der Waals surface area contributed by atoms with Crippen LogP contribution in [0.1, 0.15) is 18.5 Å². The van der Waals surface area contributed by atoms with Gasteiger partial charge in [-0.25, -0.2) is 30.8 Å². The molecule has 0 saturated carbocycles. The zero-order valence-corrected chi connectivity index (χ0v) is 15.0. The molecule has 0 spiro atoms. The number of halogens is 2. The SMILES string of the molecule is CC(c1ccc(S(N)(=O)=O)cc1)N(C)S(=O)(=O)c1ccc(F)cc1F. The molecule has 10 heteroatoms. The van der Waals surface area contributed by atoms with E-state index in [4.69, 9.17) is 5.14 Å². The van der Waals surface area contributed by atoms with Gasteiger partial charge in [0.25, 0.3) is 0 Å². The molecular formula is C15H16F2N2O4S2. The highest BCUT2D eigenvalue weighted by molar-refractivity contribution is 7.89. The van der Waals surface area contributed by atoms with Gasteiger partial charge in [-0.05, 0) is 36.8 Å². The highest BCUT2D eigenvalue weighted by Crippen LogP contribution is 2.27. The van der Waals surface area contributed by atoms with Crippen LogP contribution in [0.15, 0.2) is 52.3 Å². The predicted octanol–water partition coefficient (Wildman–Crippen LogP) is 1.99. The van der Waals surface area contributed by atoms with E-state index in [1.807, 2.05) is 0 Å². The summed E-state index contributed by atoms with van der Waals surface area (Å²) in [6.07, 6.45) is 0. The first-order valence-electron chi connectivity index (χ1n) is 7.00. The van der Waals surface area contributed by atoms with Gasteiger partial charge in [-0.1, -0.05) is 12.1 Å². The third-order valence-electron chi connectivity index (χ3n) is 3.79. The maximum absolute atomic E-state index is 13.8. The van der Waals surface area contributed by atoms with Gasteiger partial charge in [0.1, 0.15) is 16.5 Å². The summed E-state index contributed by atoms with van der Waals surface area (Å²) in [6, 6.07) is 6.80. The second-order valence-corrected chi connectivity index (χ2v) is 8.91. The van der Waals surface area contributed by atoms with Crippen LogP contribution < -0.4 is 5.14 Å². The van der Waals surface area contributed by atoms with E-state index in [2.05, 4.69) is 0 Å². The topological polar surface area (TPSA) is 97.5 Å². The molecule has 0 aliphatic rings. The summed E-state index contributed by atoms with van der Waals surface area (Å²) >= 11 is 0. The van der Waals surface area contributed by atoms with E-state index >= 15 is 0 Å². The first kappa shape index (κ1) is 19.4. The van der Waals surface area contributed by atoms with E-state index in [0.717, 1.165) is 16.4 Å². The number of hydrogen-bond acceptors (Lipinski definition) is 4. The number of nitrogens with zero attached hydrogens (tertiary/aromatic N) is 1. The van der Waals surface area contributed by atoms with Crippen LogP contribution in [0.5, 0.6) is 0 Å². The molecule has 0 aliphatic carbocycles. The fraction of sp³-hybridized carbons (Fsp3) is 0.200. The zero-order valence-electron chi connectivity index (χ0n) is 13.3. The van der Waals surface area contributed by atoms with Gasteiger partial charge in [0.2, 0.25) is 20.0 Å². The maximum atomic E-state index is 13.8. The number of benzene rings is 2. The molecule has 136 valence electrons. The first-order chi connectivity index (χ1) is 11.4. The minimum Gasteiger partial charge on any atom is -0.225 e. The van der Waals surface area contributed by atoms with Gasteiger partial charge in [-0.3, -0.25) is 0 Å². The van der Waals surface area contributed by atoms with Crippen LogP contribution in [0.25, 0.3) is 0 Å². The number of nitrogens with two attached hydrogens (primary N) is 1. The summed E-state index contributed by atoms with van der Waals surface area (Å²) < 4.78 is 75.3. The van der Waals surface area contributed by atoms with Gasteiger partial charge < -0.3 is 0 Å². The summed E-state index contributed by atoms with van der Waals surface area (Å²) in [6.45, 7) is 1.55. The van der Waals surface area contributed by atoms with Crippen molar-refractivity contribution >= 4 is 20.0 Å². The first-order valence-corrected chi connectivity index (χ1v) is 9.99. The highest BCUT2D eigenvalue weighted by Gasteiger charge is 2.29. The molecular weight excluding hydrogens is 374 g/mol. The monoisotopic (exact) mass is 390 g/mol. The van der Waals surface area contributed by atoms with Crippen molar-refractivity contribution in [3.05, 3.63) is 59.7 Å². The predicted molar refractivity (Wildman–Crippen MR) is 87.5 cm³/mol. The van der Waals surface area contributed by atoms with Crippen molar-refractivity contribution in [2.24, 2.45) is 5.14 Å². The Labute approximate surface area is 145 Å². The van der Waals surface area contributed by atoms with Crippen LogP contribution in [0.3, 0.4) is 0 Å². The minimum absolute atomic E-state index is 0.112. The van der Waals surface area contributed by atoms with Crippen LogP contribution in [0, 0.1) is 11.6 Å². The maximum Gasteiger partial charge on any atom is 0.246 e. The van der Waals surface area contributed by atoms with Gasteiger partial charge in [-0.2, -0.15) is 4.31 Å². The van der Waals surface area contributed by atoms with E-state index < -0.39 is 42.6 Å². The molecule has 0 radical (unpaired) electrons. The minimum atomic E-state index is -4.22. The zero-order chi connectivity index (χ0) is 19.0. The van der Waals surface area contributed by atoms with E-state index in [1.54, 1.807) is 6.92 Å². The van der Waals surface area contributed by atoms with Gasteiger partial charge in [-0.15, -0.1) is 0 Å². The molecule has 0 bridgehead atoms. The molecule has 2 aromatic rings. The van der Waals surface area contributed by atoms with Crippen molar-refractivity contribution in [2.75, 3.05) is 7.05 Å². The van der Waals surface area contributed by atoms with Crippen molar-refractivity contribution in [1.29, 1.82) is 0 Å². The Morgan fingerprint density at radius 3 is 2.04 bits per heavy atom. The summed E-state index contributed by atoms with van der Waals surface area (Å²) in [5.74, 6) is -2.07. The lowest BCUT2D eigenvalue weighted by atomic mass is 10.1. The molecule has 2 N–H and O–H groups in total. The smallest absolute Gasteiger partial charge is 0.225 e. The van der Waals surface area contributed by atoms with E-state index in [0.29, 0.717) is 11.6 Å². The van der Waals surface area contributed by atoms with Crippen molar-refractivity contribution in [2.45, 2.75) is 22.8 Å². The number of primary sulfonamides is 1. The van der Waals surface area contributed by atoms with E-state index in [1.165, 1.54) is 31.3 Å². The van der Waals surface area contributed by atoms with Crippen LogP contribution >= 0.6 is 0 Å². The molecule has 0 aromatic heterocycles. The molecule has 0 saturated heterocycles. The molecule has 6 nitrogen and oxygen atoms in total. The molecule has 2 aromatic carbocycles. The molecule has 0 fully saturated rings. The standard InChI is InChI=1S/C15H16F2N2O4S2/c1-10(11-3-6-13(7-4-11)24(18,20)21)19(2)25(22,23)15-8-5-12(16)9-14(15)17/h3-10H,1-2H3,(H2,18,20,21). The van der Waals surface area contributed by atoms with Crippen molar-refractivity contribution < 1.29 is 25.6 Å². The average molecular weight is 390 g/mol.